The molecular formula is C45H56N4O8. The summed E-state index contributed by atoms with van der Waals surface area (Å²) in [5.74, 6) is -2.24. The summed E-state index contributed by atoms with van der Waals surface area (Å²) in [5, 5.41) is 14.4. The van der Waals surface area contributed by atoms with Crippen LogP contribution in [0.3, 0.4) is 0 Å². The van der Waals surface area contributed by atoms with Gasteiger partial charge in [0.1, 0.15) is 5.41 Å². The van der Waals surface area contributed by atoms with Gasteiger partial charge in [-0.1, -0.05) is 61.9 Å². The summed E-state index contributed by atoms with van der Waals surface area (Å²) in [6, 6.07) is 7.15. The Morgan fingerprint density at radius 2 is 1.77 bits per heavy atom. The van der Waals surface area contributed by atoms with Crippen molar-refractivity contribution in [2.45, 2.75) is 88.3 Å². The highest BCUT2D eigenvalue weighted by Gasteiger charge is 2.81. The number of hydrogen-bond donors (Lipinski definition) is 2. The molecule has 5 aliphatic heterocycles. The topological polar surface area (TPSA) is 134 Å². The number of methoxy groups -OCH3 is 3. The van der Waals surface area contributed by atoms with E-state index in [0.717, 1.165) is 52.9 Å². The molecule has 12 heteroatoms. The van der Waals surface area contributed by atoms with Gasteiger partial charge in [-0.05, 0) is 61.4 Å². The minimum atomic E-state index is -2.26. The molecule has 11 atom stereocenters. The van der Waals surface area contributed by atoms with E-state index in [-0.39, 0.29) is 17.9 Å². The number of likely N-dealkylation sites (N-methyl/N-ethyl adjacent to an activating group) is 1. The molecule has 2 bridgehead atoms. The van der Waals surface area contributed by atoms with Crippen molar-refractivity contribution in [1.82, 2.24) is 19.7 Å². The molecule has 1 aromatic carbocycles. The number of carbonyl (C=O) groups is 3. The van der Waals surface area contributed by atoms with E-state index in [2.05, 4.69) is 64.2 Å². The zero-order chi connectivity index (χ0) is 40.2. The largest absolute Gasteiger partial charge is 0.468 e. The second-order valence-electron chi connectivity index (χ2n) is 17.5. The van der Waals surface area contributed by atoms with Gasteiger partial charge in [0.2, 0.25) is 5.60 Å². The normalized spacial score (nSPS) is 39.1. The molecule has 1 spiro atoms. The maximum atomic E-state index is 15.2. The van der Waals surface area contributed by atoms with Crippen molar-refractivity contribution >= 4 is 28.8 Å². The molecule has 57 heavy (non-hydrogen) atoms. The number of ether oxygens (including phenoxy) is 4. The predicted molar refractivity (Wildman–Crippen MR) is 213 cm³/mol. The van der Waals surface area contributed by atoms with Crippen molar-refractivity contribution in [2.24, 2.45) is 22.7 Å². The molecule has 2 aliphatic carbocycles. The fourth-order valence-corrected chi connectivity index (χ4v) is 13.3. The van der Waals surface area contributed by atoms with E-state index in [1.54, 1.807) is 7.11 Å². The number of aromatic nitrogens is 1. The van der Waals surface area contributed by atoms with Gasteiger partial charge in [0.25, 0.3) is 0 Å². The molecule has 304 valence electrons. The van der Waals surface area contributed by atoms with Crippen molar-refractivity contribution in [3.05, 3.63) is 82.7 Å². The van der Waals surface area contributed by atoms with E-state index >= 15 is 4.79 Å². The third kappa shape index (κ3) is 4.90. The number of esters is 3. The van der Waals surface area contributed by atoms with E-state index in [1.165, 1.54) is 26.7 Å². The summed E-state index contributed by atoms with van der Waals surface area (Å²) in [6.07, 6.45) is 11.6. The van der Waals surface area contributed by atoms with E-state index in [1.807, 2.05) is 31.0 Å². The third-order valence-corrected chi connectivity index (χ3v) is 15.2. The van der Waals surface area contributed by atoms with Gasteiger partial charge in [0, 0.05) is 92.3 Å². The molecule has 6 heterocycles. The molecule has 12 nitrogen and oxygen atoms in total. The summed E-state index contributed by atoms with van der Waals surface area (Å²) < 4.78 is 24.1. The first-order valence-corrected chi connectivity index (χ1v) is 20.6. The Kier molecular flexibility index (Phi) is 9.01. The fraction of sp³-hybridized carbons (Fsp3) is 0.578. The standard InChI is InChI=1S/C45H56N4O8/c1-8-27-19-28-22-44(40(51)55-6,36-30(25-48(23-27)24-28)29-13-10-11-14-33(29)46-36)32-20-31-34(21-35(32)54-5)47(4)38-43(31)16-18-49-17-12-15-42(9-2,37(43)49)39(57-26(3)50)45(38,53)41(52)56-7/h10-15,19-21,28,32,35,37-39,46,53H,8-9,16-18,22-25H2,1-7H3/t28-,32?,35?,37+,38-,39-,42-,43?,44+,45+/m1/s1. The zero-order valence-corrected chi connectivity index (χ0v) is 34.2. The minimum Gasteiger partial charge on any atom is -0.468 e. The van der Waals surface area contributed by atoms with E-state index in [0.29, 0.717) is 38.9 Å². The second kappa shape index (κ2) is 13.4. The third-order valence-electron chi connectivity index (χ3n) is 15.2. The van der Waals surface area contributed by atoms with Gasteiger partial charge < -0.3 is 33.9 Å². The van der Waals surface area contributed by atoms with Crippen LogP contribution in [0.2, 0.25) is 0 Å². The van der Waals surface area contributed by atoms with Crippen molar-refractivity contribution in [1.29, 1.82) is 0 Å². The van der Waals surface area contributed by atoms with Crippen LogP contribution >= 0.6 is 0 Å². The monoisotopic (exact) mass is 780 g/mol. The number of allylic oxidation sites excluding steroid dienone is 1. The Labute approximate surface area is 334 Å². The maximum absolute atomic E-state index is 15.2. The molecule has 2 aromatic rings. The summed E-state index contributed by atoms with van der Waals surface area (Å²) in [7, 11) is 6.34. The molecule has 1 aromatic heterocycles. The van der Waals surface area contributed by atoms with Crippen LogP contribution in [0.15, 0.2) is 71.5 Å². The number of benzene rings is 1. The van der Waals surface area contributed by atoms with Crippen LogP contribution in [-0.4, -0.2) is 127 Å². The van der Waals surface area contributed by atoms with Gasteiger partial charge in [0.15, 0.2) is 6.10 Å². The van der Waals surface area contributed by atoms with Crippen LogP contribution in [0.1, 0.15) is 57.7 Å². The van der Waals surface area contributed by atoms with E-state index in [4.69, 9.17) is 18.9 Å². The number of aromatic amines is 1. The lowest BCUT2D eigenvalue weighted by Gasteiger charge is -2.63. The lowest BCUT2D eigenvalue weighted by molar-refractivity contribution is -0.243. The Bertz CT molecular complexity index is 2160. The number of nitrogens with zero attached hydrogens (tertiary/aromatic N) is 3. The van der Waals surface area contributed by atoms with E-state index < -0.39 is 58.0 Å². The van der Waals surface area contributed by atoms with Crippen LogP contribution in [0.25, 0.3) is 10.9 Å². The van der Waals surface area contributed by atoms with Crippen molar-refractivity contribution < 1.29 is 38.4 Å². The molecular weight excluding hydrogens is 725 g/mol. The van der Waals surface area contributed by atoms with Crippen LogP contribution in [0.5, 0.6) is 0 Å². The highest BCUT2D eigenvalue weighted by atomic mass is 16.6. The first-order chi connectivity index (χ1) is 27.4. The van der Waals surface area contributed by atoms with Crippen LogP contribution < -0.4 is 0 Å². The molecule has 0 radical (unpaired) electrons. The lowest BCUT2D eigenvalue weighted by atomic mass is 9.47. The fourth-order valence-electron chi connectivity index (χ4n) is 13.3. The molecule has 1 saturated carbocycles. The lowest BCUT2D eigenvalue weighted by Crippen LogP contribution is -2.79. The van der Waals surface area contributed by atoms with Crippen molar-refractivity contribution in [3.63, 3.8) is 0 Å². The van der Waals surface area contributed by atoms with Crippen LogP contribution in [0, 0.1) is 22.7 Å². The first-order valence-electron chi connectivity index (χ1n) is 20.6. The van der Waals surface area contributed by atoms with Gasteiger partial charge in [-0.15, -0.1) is 0 Å². The quantitative estimate of drug-likeness (QED) is 0.236. The summed E-state index contributed by atoms with van der Waals surface area (Å²) in [6.45, 7) is 9.30. The summed E-state index contributed by atoms with van der Waals surface area (Å²) >= 11 is 0. The molecule has 2 N–H and O–H groups in total. The molecule has 0 amide bonds. The Hall–Kier alpha value is -4.23. The molecule has 3 fully saturated rings. The second-order valence-corrected chi connectivity index (χ2v) is 17.5. The first kappa shape index (κ1) is 38.3. The zero-order valence-electron chi connectivity index (χ0n) is 34.2. The van der Waals surface area contributed by atoms with Gasteiger partial charge in [0.05, 0.1) is 26.4 Å². The number of para-hydroxylation sites is 1. The highest BCUT2D eigenvalue weighted by molar-refractivity contribution is 5.91. The Morgan fingerprint density at radius 1 is 1.00 bits per heavy atom. The number of carbonyl (C=O) groups excluding carboxylic acids is 3. The maximum Gasteiger partial charge on any atom is 0.344 e. The van der Waals surface area contributed by atoms with Gasteiger partial charge in [-0.25, -0.2) is 4.79 Å². The molecule has 2 saturated heterocycles. The molecule has 9 rings (SSSR count). The van der Waals surface area contributed by atoms with Crippen LogP contribution in [-0.2, 0) is 45.3 Å². The number of hydrogen-bond acceptors (Lipinski definition) is 11. The van der Waals surface area contributed by atoms with Crippen LogP contribution in [0.4, 0.5) is 0 Å². The SMILES string of the molecule is CCC1=C[C@H]2CN(C1)Cc1c([nH]c3ccccc13)[C@@](C(=O)OC)(C1C=C3C(=CC1OC)N(C)[C@@H]1C34CCN3CC=C[C@](CC)([C@H]34)[C@@H](OC(C)=O)[C@]1(O)C(=O)OC)C2. The number of likely N-dealkylation sites (tertiary alicyclic amines) is 1. The van der Waals surface area contributed by atoms with E-state index in [9.17, 15) is 14.7 Å². The molecule has 4 unspecified atom stereocenters. The number of H-pyrrole nitrogens is 1. The van der Waals surface area contributed by atoms with Gasteiger partial charge in [-0.3, -0.25) is 19.4 Å². The molecule has 7 aliphatic rings. The highest BCUT2D eigenvalue weighted by Crippen LogP contribution is 2.70. The average Bonchev–Trinajstić information content (AvgIpc) is 3.87. The smallest absolute Gasteiger partial charge is 0.344 e. The Balaban J connectivity index is 1.33. The number of aliphatic hydroxyl groups is 1. The number of rotatable bonds is 7. The summed E-state index contributed by atoms with van der Waals surface area (Å²) in [5.41, 5.74) is 0.810. The number of nitrogens with one attached hydrogen (secondary N) is 1. The Morgan fingerprint density at radius 3 is 2.47 bits per heavy atom. The number of fused-ring (bicyclic) bond motifs is 6. The summed E-state index contributed by atoms with van der Waals surface area (Å²) in [4.78, 5) is 53.3. The average molecular weight is 781 g/mol. The van der Waals surface area contributed by atoms with Crippen molar-refractivity contribution in [3.8, 4) is 0 Å². The predicted octanol–water partition coefficient (Wildman–Crippen LogP) is 4.40. The van der Waals surface area contributed by atoms with Gasteiger partial charge >= 0.3 is 17.9 Å². The van der Waals surface area contributed by atoms with Gasteiger partial charge in [-0.2, -0.15) is 0 Å². The van der Waals surface area contributed by atoms with Crippen molar-refractivity contribution in [2.75, 3.05) is 54.6 Å². The minimum absolute atomic E-state index is 0.0626.